The third-order valence-electron chi connectivity index (χ3n) is 14.8. The lowest BCUT2D eigenvalue weighted by molar-refractivity contribution is 0.227. The van der Waals surface area contributed by atoms with Crippen molar-refractivity contribution in [2.45, 2.75) is 146 Å². The van der Waals surface area contributed by atoms with Crippen molar-refractivity contribution in [2.24, 2.45) is 10.8 Å². The standard InChI is InChI=1S/C52H62N2S2.C2H6/c1-31-32(2)36-30-40(56-46(36)45-35(31)29-39(55-45)51(13,14)48(6,7)8)52(15,16)50(11,12)38-28-27-37(49(9,10)47(3,4)5)43-44(38)54-42(34-25-21-18-22-26-34)41(53-43)33-23-19-17-20-24-33;1-2/h17-30H,1-16H3;1-2H3. The maximum Gasteiger partial charge on any atom is 0.0973 e. The van der Waals surface area contributed by atoms with Crippen molar-refractivity contribution < 1.29 is 0 Å². The first-order chi connectivity index (χ1) is 26.9. The molecule has 0 aliphatic heterocycles. The molecule has 0 bridgehead atoms. The van der Waals surface area contributed by atoms with E-state index in [0.29, 0.717) is 0 Å². The molecule has 0 saturated carbocycles. The number of aryl methyl sites for hydroxylation is 2. The summed E-state index contributed by atoms with van der Waals surface area (Å²) in [7, 11) is 0. The molecule has 0 N–H and O–H groups in total. The van der Waals surface area contributed by atoms with Crippen LogP contribution in [0.25, 0.3) is 53.7 Å². The van der Waals surface area contributed by atoms with E-state index < -0.39 is 0 Å². The highest BCUT2D eigenvalue weighted by Crippen LogP contribution is 2.54. The van der Waals surface area contributed by atoms with E-state index in [2.05, 4.69) is 196 Å². The van der Waals surface area contributed by atoms with Crippen LogP contribution in [0.4, 0.5) is 0 Å². The lowest BCUT2D eigenvalue weighted by Crippen LogP contribution is -2.40. The van der Waals surface area contributed by atoms with Crippen molar-refractivity contribution in [3.8, 4) is 22.5 Å². The van der Waals surface area contributed by atoms with Gasteiger partial charge in [-0.15, -0.1) is 22.7 Å². The molecule has 0 atom stereocenters. The highest BCUT2D eigenvalue weighted by molar-refractivity contribution is 7.27. The largest absolute Gasteiger partial charge is 0.244 e. The Morgan fingerprint density at radius 2 is 0.759 bits per heavy atom. The van der Waals surface area contributed by atoms with Crippen molar-refractivity contribution in [2.75, 3.05) is 0 Å². The molecule has 0 aliphatic rings. The van der Waals surface area contributed by atoms with Gasteiger partial charge in [0.1, 0.15) is 0 Å². The Morgan fingerprint density at radius 3 is 1.12 bits per heavy atom. The summed E-state index contributed by atoms with van der Waals surface area (Å²) >= 11 is 4.01. The average molecular weight is 809 g/mol. The van der Waals surface area contributed by atoms with Gasteiger partial charge in [-0.2, -0.15) is 0 Å². The predicted octanol–water partition coefficient (Wildman–Crippen LogP) is 16.9. The van der Waals surface area contributed by atoms with E-state index in [1.807, 2.05) is 36.5 Å². The van der Waals surface area contributed by atoms with Crippen LogP contribution in [0.1, 0.15) is 143 Å². The number of benzene rings is 4. The van der Waals surface area contributed by atoms with Crippen LogP contribution < -0.4 is 0 Å². The fourth-order valence-corrected chi connectivity index (χ4v) is 11.0. The van der Waals surface area contributed by atoms with E-state index in [0.717, 1.165) is 33.5 Å². The molecule has 306 valence electrons. The summed E-state index contributed by atoms with van der Waals surface area (Å²) in [6, 6.07) is 31.0. The Hall–Kier alpha value is -3.86. The number of nitrogens with zero attached hydrogens (tertiary/aromatic N) is 2. The second-order valence-corrected chi connectivity index (χ2v) is 22.6. The Bertz CT molecular complexity index is 2600. The highest BCUT2D eigenvalue weighted by Gasteiger charge is 2.45. The first-order valence-corrected chi connectivity index (χ1v) is 23.0. The Kier molecular flexibility index (Phi) is 11.3. The normalized spacial score (nSPS) is 13.3. The van der Waals surface area contributed by atoms with E-state index in [-0.39, 0.29) is 32.5 Å². The summed E-state index contributed by atoms with van der Waals surface area (Å²) in [6.07, 6.45) is 0. The molecule has 7 aromatic rings. The van der Waals surface area contributed by atoms with Crippen LogP contribution >= 0.6 is 22.7 Å². The number of hydrogen-bond acceptors (Lipinski definition) is 4. The molecule has 4 heteroatoms. The second-order valence-electron chi connectivity index (χ2n) is 20.5. The molecule has 0 saturated heterocycles. The zero-order chi connectivity index (χ0) is 43.0. The number of thiophene rings is 2. The van der Waals surface area contributed by atoms with Gasteiger partial charge in [-0.05, 0) is 75.3 Å². The van der Waals surface area contributed by atoms with Gasteiger partial charge in [0, 0.05) is 37.1 Å². The average Bonchev–Trinajstić information content (AvgIpc) is 3.84. The van der Waals surface area contributed by atoms with Gasteiger partial charge in [-0.25, -0.2) is 9.97 Å². The smallest absolute Gasteiger partial charge is 0.0973 e. The Balaban J connectivity index is 0.00000279. The Morgan fingerprint density at radius 1 is 0.414 bits per heavy atom. The van der Waals surface area contributed by atoms with Crippen molar-refractivity contribution in [3.63, 3.8) is 0 Å². The number of hydrogen-bond donors (Lipinski definition) is 0. The van der Waals surface area contributed by atoms with E-state index in [1.54, 1.807) is 0 Å². The second kappa shape index (κ2) is 15.0. The molecular formula is C54H68N2S2. The molecule has 2 nitrogen and oxygen atoms in total. The molecule has 0 fully saturated rings. The molecule has 0 aliphatic carbocycles. The summed E-state index contributed by atoms with van der Waals surface area (Å²) in [5.74, 6) is 0. The van der Waals surface area contributed by atoms with E-state index in [1.165, 1.54) is 52.2 Å². The molecular weight excluding hydrogens is 741 g/mol. The summed E-state index contributed by atoms with van der Waals surface area (Å²) < 4.78 is 2.86. The summed E-state index contributed by atoms with van der Waals surface area (Å²) in [5.41, 5.74) is 10.7. The van der Waals surface area contributed by atoms with E-state index >= 15 is 0 Å². The minimum atomic E-state index is -0.315. The van der Waals surface area contributed by atoms with E-state index in [9.17, 15) is 0 Å². The zero-order valence-electron chi connectivity index (χ0n) is 38.8. The molecule has 3 heterocycles. The molecule has 4 aromatic carbocycles. The van der Waals surface area contributed by atoms with Crippen LogP contribution in [-0.2, 0) is 21.7 Å². The topological polar surface area (TPSA) is 25.8 Å². The number of rotatable bonds is 7. The number of fused-ring (bicyclic) bond motifs is 4. The molecule has 0 unspecified atom stereocenters. The van der Waals surface area contributed by atoms with Gasteiger partial charge in [0.25, 0.3) is 0 Å². The van der Waals surface area contributed by atoms with Gasteiger partial charge in [-0.1, -0.05) is 184 Å². The maximum atomic E-state index is 5.75. The van der Waals surface area contributed by atoms with Crippen molar-refractivity contribution in [1.82, 2.24) is 9.97 Å². The van der Waals surface area contributed by atoms with Crippen LogP contribution in [0.5, 0.6) is 0 Å². The molecule has 0 spiro atoms. The van der Waals surface area contributed by atoms with Crippen LogP contribution in [-0.4, -0.2) is 9.97 Å². The fraction of sp³-hybridized carbons (Fsp3) is 0.444. The van der Waals surface area contributed by atoms with Crippen molar-refractivity contribution in [1.29, 1.82) is 0 Å². The monoisotopic (exact) mass is 808 g/mol. The summed E-state index contributed by atoms with van der Waals surface area (Å²) in [5, 5.41) is 2.81. The lowest BCUT2D eigenvalue weighted by atomic mass is 9.61. The quantitative estimate of drug-likeness (QED) is 0.160. The van der Waals surface area contributed by atoms with Crippen LogP contribution in [0, 0.1) is 24.7 Å². The maximum absolute atomic E-state index is 5.75. The Labute approximate surface area is 358 Å². The zero-order valence-corrected chi connectivity index (χ0v) is 40.4. The minimum absolute atomic E-state index is 0.00885. The van der Waals surface area contributed by atoms with E-state index in [4.69, 9.17) is 9.97 Å². The minimum Gasteiger partial charge on any atom is -0.244 e. The predicted molar refractivity (Wildman–Crippen MR) is 259 cm³/mol. The molecule has 58 heavy (non-hydrogen) atoms. The van der Waals surface area contributed by atoms with Crippen LogP contribution in [0.3, 0.4) is 0 Å². The third-order valence-corrected chi connectivity index (χ3v) is 17.9. The SMILES string of the molecule is CC.Cc1c(C)c2cc(C(C)(C)C(C)(C)c3ccc(C(C)(C)C(C)(C)C)c4nc(-c5ccccc5)c(-c5ccccc5)nc34)sc2c2sc(C(C)(C)C(C)(C)C)cc12. The summed E-state index contributed by atoms with van der Waals surface area (Å²) in [4.78, 5) is 14.3. The van der Waals surface area contributed by atoms with Gasteiger partial charge in [0.05, 0.1) is 31.8 Å². The number of aromatic nitrogens is 2. The summed E-state index contributed by atoms with van der Waals surface area (Å²) in [6.45, 7) is 42.1. The van der Waals surface area contributed by atoms with Gasteiger partial charge >= 0.3 is 0 Å². The van der Waals surface area contributed by atoms with Crippen LogP contribution in [0.2, 0.25) is 0 Å². The van der Waals surface area contributed by atoms with Crippen LogP contribution in [0.15, 0.2) is 84.9 Å². The lowest BCUT2D eigenvalue weighted by Gasteiger charge is -2.43. The molecule has 0 amide bonds. The first kappa shape index (κ1) is 43.7. The molecule has 3 aromatic heterocycles. The van der Waals surface area contributed by atoms with Crippen molar-refractivity contribution >= 4 is 53.9 Å². The first-order valence-electron chi connectivity index (χ1n) is 21.3. The van der Waals surface area contributed by atoms with Gasteiger partial charge in [-0.3, -0.25) is 0 Å². The van der Waals surface area contributed by atoms with Gasteiger partial charge in [0.2, 0.25) is 0 Å². The van der Waals surface area contributed by atoms with Crippen molar-refractivity contribution in [3.05, 3.63) is 117 Å². The van der Waals surface area contributed by atoms with Gasteiger partial charge in [0.15, 0.2) is 0 Å². The highest BCUT2D eigenvalue weighted by atomic mass is 32.1. The third kappa shape index (κ3) is 6.94. The fourth-order valence-electron chi connectivity index (χ4n) is 7.85. The molecule has 0 radical (unpaired) electrons. The van der Waals surface area contributed by atoms with Gasteiger partial charge < -0.3 is 0 Å². The molecule has 7 rings (SSSR count).